The number of hydrogen-bond donors (Lipinski definition) is 2. The third-order valence-electron chi connectivity index (χ3n) is 4.53. The molecule has 0 unspecified atom stereocenters. The zero-order valence-corrected chi connectivity index (χ0v) is 17.5. The van der Waals surface area contributed by atoms with Crippen LogP contribution in [0.25, 0.3) is 0 Å². The summed E-state index contributed by atoms with van der Waals surface area (Å²) in [6.45, 7) is 2.16. The van der Waals surface area contributed by atoms with Crippen LogP contribution in [0.15, 0.2) is 41.4 Å². The molecule has 1 aliphatic rings. The molecule has 168 valence electrons. The highest BCUT2D eigenvalue weighted by atomic mass is 32.2. The molecule has 1 aromatic carbocycles. The van der Waals surface area contributed by atoms with E-state index in [1.165, 1.54) is 18.2 Å². The summed E-state index contributed by atoms with van der Waals surface area (Å²) < 4.78 is 69.0. The molecule has 0 radical (unpaired) electrons. The van der Waals surface area contributed by atoms with Gasteiger partial charge in [0.25, 0.3) is 0 Å². The van der Waals surface area contributed by atoms with E-state index in [4.69, 9.17) is 4.74 Å². The van der Waals surface area contributed by atoms with Crippen molar-refractivity contribution in [1.82, 2.24) is 4.98 Å². The van der Waals surface area contributed by atoms with Gasteiger partial charge in [0.15, 0.2) is 9.84 Å². The van der Waals surface area contributed by atoms with E-state index >= 15 is 0 Å². The van der Waals surface area contributed by atoms with Crippen molar-refractivity contribution in [3.63, 3.8) is 0 Å². The van der Waals surface area contributed by atoms with Crippen molar-refractivity contribution in [2.45, 2.75) is 37.3 Å². The second kappa shape index (κ2) is 9.13. The van der Waals surface area contributed by atoms with Crippen LogP contribution in [-0.2, 0) is 16.0 Å². The number of sulfone groups is 1. The zero-order chi connectivity index (χ0) is 22.6. The zero-order valence-electron chi connectivity index (χ0n) is 16.7. The Morgan fingerprint density at radius 2 is 1.94 bits per heavy atom. The van der Waals surface area contributed by atoms with E-state index in [0.29, 0.717) is 25.0 Å². The average Bonchev–Trinajstić information content (AvgIpc) is 3.51. The number of anilines is 2. The molecular weight excluding hydrogens is 435 g/mol. The lowest BCUT2D eigenvalue weighted by atomic mass is 10.2. The molecular formula is C20H22F3N3O4S. The summed E-state index contributed by atoms with van der Waals surface area (Å²) in [4.78, 5) is 16.1. The van der Waals surface area contributed by atoms with Gasteiger partial charge in [-0.2, -0.15) is 13.2 Å². The summed E-state index contributed by atoms with van der Waals surface area (Å²) in [5.74, 6) is 0.325. The fourth-order valence-electron chi connectivity index (χ4n) is 2.75. The Morgan fingerprint density at radius 3 is 2.58 bits per heavy atom. The van der Waals surface area contributed by atoms with Gasteiger partial charge in [-0.3, -0.25) is 5.32 Å². The molecule has 0 spiro atoms. The lowest BCUT2D eigenvalue weighted by molar-refractivity contribution is -0.137. The highest BCUT2D eigenvalue weighted by molar-refractivity contribution is 7.91. The number of rotatable bonds is 8. The van der Waals surface area contributed by atoms with Crippen LogP contribution in [0.1, 0.15) is 31.7 Å². The third kappa shape index (κ3) is 6.33. The summed E-state index contributed by atoms with van der Waals surface area (Å²) in [6.07, 6.45) is -1.16. The molecule has 31 heavy (non-hydrogen) atoms. The van der Waals surface area contributed by atoms with Crippen LogP contribution < -0.4 is 15.4 Å². The van der Waals surface area contributed by atoms with Crippen molar-refractivity contribution in [1.29, 1.82) is 0 Å². The van der Waals surface area contributed by atoms with E-state index in [-0.39, 0.29) is 27.9 Å². The number of carbonyl (C=O) groups is 1. The smallest absolute Gasteiger partial charge is 0.416 e. The van der Waals surface area contributed by atoms with Gasteiger partial charge < -0.3 is 10.1 Å². The van der Waals surface area contributed by atoms with E-state index in [1.807, 2.05) is 0 Å². The molecule has 1 fully saturated rings. The molecule has 7 nitrogen and oxygen atoms in total. The molecule has 1 heterocycles. The molecule has 1 aliphatic carbocycles. The minimum Gasteiger partial charge on any atom is -0.491 e. The minimum atomic E-state index is -4.58. The molecule has 0 saturated heterocycles. The van der Waals surface area contributed by atoms with Crippen molar-refractivity contribution in [2.24, 2.45) is 5.92 Å². The Balaban J connectivity index is 1.81. The van der Waals surface area contributed by atoms with Crippen LogP contribution in [0.2, 0.25) is 0 Å². The van der Waals surface area contributed by atoms with Crippen LogP contribution in [0.3, 0.4) is 0 Å². The first kappa shape index (κ1) is 22.9. The quantitative estimate of drug-likeness (QED) is 0.598. The minimum absolute atomic E-state index is 0.0145. The predicted octanol–water partition coefficient (Wildman–Crippen LogP) is 4.72. The number of benzene rings is 1. The second-order valence-electron chi connectivity index (χ2n) is 7.24. The lowest BCUT2D eigenvalue weighted by Crippen LogP contribution is -2.21. The van der Waals surface area contributed by atoms with E-state index in [0.717, 1.165) is 25.1 Å². The van der Waals surface area contributed by atoms with Gasteiger partial charge in [0, 0.05) is 6.20 Å². The van der Waals surface area contributed by atoms with Gasteiger partial charge in [-0.05, 0) is 55.5 Å². The van der Waals surface area contributed by atoms with Gasteiger partial charge in [-0.15, -0.1) is 0 Å². The topological polar surface area (TPSA) is 97.4 Å². The molecule has 0 atom stereocenters. The number of nitrogens with one attached hydrogen (secondary N) is 2. The predicted molar refractivity (Wildman–Crippen MR) is 109 cm³/mol. The number of ether oxygens (including phenoxy) is 1. The Morgan fingerprint density at radius 1 is 1.19 bits per heavy atom. The van der Waals surface area contributed by atoms with Gasteiger partial charge >= 0.3 is 12.2 Å². The standard InChI is InChI=1S/C20H22F3N3O4S/c1-2-9-31(28,29)15-5-6-17(30-12-13-3-4-13)16(11-15)25-19(27)26-18-10-14(7-8-24-18)20(21,22)23/h5-8,10-11,13H,2-4,9,12H2,1H3,(H2,24,25,26,27). The van der Waals surface area contributed by atoms with E-state index < -0.39 is 27.6 Å². The van der Waals surface area contributed by atoms with E-state index in [9.17, 15) is 26.4 Å². The summed E-state index contributed by atoms with van der Waals surface area (Å²) in [5, 5.41) is 4.68. The summed E-state index contributed by atoms with van der Waals surface area (Å²) in [6, 6.07) is 4.76. The van der Waals surface area contributed by atoms with E-state index in [2.05, 4.69) is 15.6 Å². The fourth-order valence-corrected chi connectivity index (χ4v) is 4.10. The number of amides is 2. The number of halogens is 3. The number of urea groups is 1. The molecule has 1 aromatic heterocycles. The number of nitrogens with zero attached hydrogens (tertiary/aromatic N) is 1. The summed E-state index contributed by atoms with van der Waals surface area (Å²) in [7, 11) is -3.55. The first-order chi connectivity index (χ1) is 14.6. The Hall–Kier alpha value is -2.82. The molecule has 2 N–H and O–H groups in total. The first-order valence-corrected chi connectivity index (χ1v) is 11.3. The number of aromatic nitrogens is 1. The number of alkyl halides is 3. The van der Waals surface area contributed by atoms with Crippen molar-refractivity contribution < 1.29 is 31.1 Å². The monoisotopic (exact) mass is 457 g/mol. The number of hydrogen-bond acceptors (Lipinski definition) is 5. The molecule has 11 heteroatoms. The molecule has 0 aliphatic heterocycles. The van der Waals surface area contributed by atoms with Crippen molar-refractivity contribution in [2.75, 3.05) is 23.0 Å². The Bertz CT molecular complexity index is 1050. The molecule has 3 rings (SSSR count). The van der Waals surface area contributed by atoms with Gasteiger partial charge in [0.05, 0.1) is 28.5 Å². The molecule has 2 aromatic rings. The van der Waals surface area contributed by atoms with Gasteiger partial charge in [0.1, 0.15) is 11.6 Å². The highest BCUT2D eigenvalue weighted by Gasteiger charge is 2.31. The summed E-state index contributed by atoms with van der Waals surface area (Å²) >= 11 is 0. The normalized spacial score (nSPS) is 14.2. The Kier molecular flexibility index (Phi) is 6.73. The maximum Gasteiger partial charge on any atom is 0.416 e. The van der Waals surface area contributed by atoms with Gasteiger partial charge in [0.2, 0.25) is 0 Å². The fraction of sp³-hybridized carbons (Fsp3) is 0.400. The maximum absolute atomic E-state index is 12.8. The molecule has 0 bridgehead atoms. The number of pyridine rings is 1. The third-order valence-corrected chi connectivity index (χ3v) is 6.45. The summed E-state index contributed by atoms with van der Waals surface area (Å²) in [5.41, 5.74) is -0.860. The molecule has 2 amide bonds. The SMILES string of the molecule is CCCS(=O)(=O)c1ccc(OCC2CC2)c(NC(=O)Nc2cc(C(F)(F)F)ccn2)c1. The number of carbonyl (C=O) groups excluding carboxylic acids is 1. The lowest BCUT2D eigenvalue weighted by Gasteiger charge is -2.15. The van der Waals surface area contributed by atoms with Crippen LogP contribution in [-0.4, -0.2) is 31.8 Å². The average molecular weight is 457 g/mol. The second-order valence-corrected chi connectivity index (χ2v) is 9.35. The van der Waals surface area contributed by atoms with Crippen molar-refractivity contribution in [3.8, 4) is 5.75 Å². The first-order valence-electron chi connectivity index (χ1n) is 9.69. The van der Waals surface area contributed by atoms with Crippen molar-refractivity contribution in [3.05, 3.63) is 42.1 Å². The highest BCUT2D eigenvalue weighted by Crippen LogP contribution is 2.34. The van der Waals surface area contributed by atoms with Crippen LogP contribution >= 0.6 is 0 Å². The van der Waals surface area contributed by atoms with Crippen LogP contribution in [0.4, 0.5) is 29.5 Å². The van der Waals surface area contributed by atoms with Gasteiger partial charge in [-0.1, -0.05) is 6.92 Å². The van der Waals surface area contributed by atoms with Crippen molar-refractivity contribution >= 4 is 27.4 Å². The Labute approximate surface area is 177 Å². The van der Waals surface area contributed by atoms with Gasteiger partial charge in [-0.25, -0.2) is 18.2 Å². The largest absolute Gasteiger partial charge is 0.491 e. The van der Waals surface area contributed by atoms with Crippen LogP contribution in [0, 0.1) is 5.92 Å². The maximum atomic E-state index is 12.8. The van der Waals surface area contributed by atoms with E-state index in [1.54, 1.807) is 6.92 Å². The molecule has 1 saturated carbocycles. The van der Waals surface area contributed by atoms with Crippen LogP contribution in [0.5, 0.6) is 5.75 Å².